The Balaban J connectivity index is 2.23. The Morgan fingerprint density at radius 3 is 2.95 bits per heavy atom. The number of fused-ring (bicyclic) bond motifs is 1. The van der Waals surface area contributed by atoms with Crippen molar-refractivity contribution in [3.05, 3.63) is 28.3 Å². The Kier molecular flexibility index (Phi) is 4.73. The highest BCUT2D eigenvalue weighted by Crippen LogP contribution is 2.33. The van der Waals surface area contributed by atoms with Crippen LogP contribution in [-0.2, 0) is 13.0 Å². The molecule has 0 amide bonds. The Hall–Kier alpha value is -1.46. The van der Waals surface area contributed by atoms with Gasteiger partial charge in [0.25, 0.3) is 0 Å². The van der Waals surface area contributed by atoms with Gasteiger partial charge in [0.15, 0.2) is 5.84 Å². The molecule has 0 aliphatic carbocycles. The average Bonchev–Trinajstić information content (AvgIpc) is 2.85. The molecule has 1 aromatic rings. The summed E-state index contributed by atoms with van der Waals surface area (Å²) in [5.41, 5.74) is 7.81. The lowest BCUT2D eigenvalue weighted by atomic mass is 10.1. The zero-order valence-electron chi connectivity index (χ0n) is 11.8. The first-order valence-electron chi connectivity index (χ1n) is 6.65. The Bertz CT molecular complexity index is 517. The number of halogens is 1. The third-order valence-corrected chi connectivity index (χ3v) is 3.64. The number of benzene rings is 1. The van der Waals surface area contributed by atoms with Gasteiger partial charge in [-0.1, -0.05) is 16.8 Å². The van der Waals surface area contributed by atoms with Gasteiger partial charge in [0, 0.05) is 29.6 Å². The fourth-order valence-electron chi connectivity index (χ4n) is 2.34. The van der Waals surface area contributed by atoms with Crippen LogP contribution in [0, 0.1) is 0 Å². The first-order chi connectivity index (χ1) is 9.51. The van der Waals surface area contributed by atoms with E-state index >= 15 is 0 Å². The molecule has 0 unspecified atom stereocenters. The summed E-state index contributed by atoms with van der Waals surface area (Å²) in [7, 11) is 0. The molecule has 5 nitrogen and oxygen atoms in total. The van der Waals surface area contributed by atoms with Crippen LogP contribution < -0.4 is 10.5 Å². The first-order valence-corrected chi connectivity index (χ1v) is 7.03. The molecule has 3 N–H and O–H groups in total. The maximum Gasteiger partial charge on any atom is 0.153 e. The van der Waals surface area contributed by atoms with Crippen LogP contribution >= 0.6 is 11.6 Å². The predicted molar refractivity (Wildman–Crippen MR) is 79.6 cm³/mol. The van der Waals surface area contributed by atoms with E-state index in [2.05, 4.69) is 23.9 Å². The summed E-state index contributed by atoms with van der Waals surface area (Å²) in [6.07, 6.45) is 0.894. The summed E-state index contributed by atoms with van der Waals surface area (Å²) < 4.78 is 5.70. The van der Waals surface area contributed by atoms with Crippen LogP contribution in [0.3, 0.4) is 0 Å². The monoisotopic (exact) mass is 297 g/mol. The van der Waals surface area contributed by atoms with Crippen LogP contribution in [0.15, 0.2) is 17.3 Å². The number of amidine groups is 1. The second-order valence-electron chi connectivity index (χ2n) is 5.24. The molecule has 0 spiro atoms. The number of hydrogen-bond acceptors (Lipinski definition) is 4. The predicted octanol–water partition coefficient (Wildman–Crippen LogP) is 2.23. The summed E-state index contributed by atoms with van der Waals surface area (Å²) in [5.74, 6) is 1.12. The van der Waals surface area contributed by atoms with Gasteiger partial charge in [0.2, 0.25) is 0 Å². The highest BCUT2D eigenvalue weighted by molar-refractivity contribution is 6.30. The number of hydrogen-bond donors (Lipinski definition) is 2. The van der Waals surface area contributed by atoms with Crippen molar-refractivity contribution in [3.63, 3.8) is 0 Å². The van der Waals surface area contributed by atoms with Gasteiger partial charge < -0.3 is 15.7 Å². The number of nitrogens with zero attached hydrogens (tertiary/aromatic N) is 2. The molecule has 1 heterocycles. The Labute approximate surface area is 124 Å². The van der Waals surface area contributed by atoms with Crippen LogP contribution in [0.2, 0.25) is 5.02 Å². The van der Waals surface area contributed by atoms with Crippen molar-refractivity contribution >= 4 is 17.4 Å². The van der Waals surface area contributed by atoms with Crippen molar-refractivity contribution in [1.82, 2.24) is 4.90 Å². The van der Waals surface area contributed by atoms with Crippen molar-refractivity contribution in [2.24, 2.45) is 10.9 Å². The second kappa shape index (κ2) is 6.33. The van der Waals surface area contributed by atoms with E-state index in [-0.39, 0.29) is 11.9 Å². The summed E-state index contributed by atoms with van der Waals surface area (Å²) >= 11 is 6.16. The fraction of sp³-hybridized carbons (Fsp3) is 0.500. The highest BCUT2D eigenvalue weighted by Gasteiger charge is 2.21. The van der Waals surface area contributed by atoms with E-state index in [9.17, 15) is 0 Å². The molecule has 0 bridgehead atoms. The lowest BCUT2D eigenvalue weighted by molar-refractivity contribution is 0.234. The highest BCUT2D eigenvalue weighted by atomic mass is 35.5. The van der Waals surface area contributed by atoms with E-state index in [1.54, 1.807) is 0 Å². The minimum Gasteiger partial charge on any atom is -0.493 e. The molecule has 1 aliphatic rings. The zero-order chi connectivity index (χ0) is 14.7. The van der Waals surface area contributed by atoms with Crippen molar-refractivity contribution in [2.45, 2.75) is 32.9 Å². The molecule has 0 aromatic heterocycles. The lowest BCUT2D eigenvalue weighted by Crippen LogP contribution is -2.38. The van der Waals surface area contributed by atoms with Gasteiger partial charge in [-0.3, -0.25) is 4.90 Å². The SMILES string of the molecule is CC(C)N(C/C(N)=N/O)Cc1cc(Cl)cc2c1OCC2. The van der Waals surface area contributed by atoms with Gasteiger partial charge in [-0.2, -0.15) is 0 Å². The van der Waals surface area contributed by atoms with Crippen molar-refractivity contribution in [3.8, 4) is 5.75 Å². The normalized spacial score (nSPS) is 14.8. The number of nitrogens with two attached hydrogens (primary N) is 1. The molecule has 6 heteroatoms. The largest absolute Gasteiger partial charge is 0.493 e. The van der Waals surface area contributed by atoms with Crippen molar-refractivity contribution in [1.29, 1.82) is 0 Å². The molecular weight excluding hydrogens is 278 g/mol. The van der Waals surface area contributed by atoms with Crippen molar-refractivity contribution < 1.29 is 9.94 Å². The molecule has 0 saturated heterocycles. The third-order valence-electron chi connectivity index (χ3n) is 3.42. The summed E-state index contributed by atoms with van der Waals surface area (Å²) in [5, 5.41) is 12.5. The molecule has 0 saturated carbocycles. The van der Waals surface area contributed by atoms with Gasteiger partial charge >= 0.3 is 0 Å². The number of oxime groups is 1. The standard InChI is InChI=1S/C14H20ClN3O2/c1-9(2)18(8-13(16)17-19)7-11-6-12(15)5-10-3-4-20-14(10)11/h5-6,9,19H,3-4,7-8H2,1-2H3,(H2,16,17). The second-order valence-corrected chi connectivity index (χ2v) is 5.68. The molecule has 0 radical (unpaired) electrons. The number of ether oxygens (including phenoxy) is 1. The van der Waals surface area contributed by atoms with Gasteiger partial charge in [-0.05, 0) is 31.5 Å². The molecule has 110 valence electrons. The Morgan fingerprint density at radius 2 is 2.30 bits per heavy atom. The number of rotatable bonds is 5. The molecule has 0 atom stereocenters. The van der Waals surface area contributed by atoms with E-state index in [1.807, 2.05) is 12.1 Å². The van der Waals surface area contributed by atoms with Gasteiger partial charge in [0.1, 0.15) is 5.75 Å². The van der Waals surface area contributed by atoms with E-state index in [1.165, 1.54) is 0 Å². The van der Waals surface area contributed by atoms with Crippen LogP contribution in [-0.4, -0.2) is 35.1 Å². The summed E-state index contributed by atoms with van der Waals surface area (Å²) in [6, 6.07) is 4.13. The molecule has 1 aliphatic heterocycles. The third kappa shape index (κ3) is 3.35. The smallest absolute Gasteiger partial charge is 0.153 e. The molecular formula is C14H20ClN3O2. The van der Waals surface area contributed by atoms with E-state index in [4.69, 9.17) is 27.3 Å². The minimum absolute atomic E-state index is 0.193. The maximum absolute atomic E-state index is 8.72. The minimum atomic E-state index is 0.193. The topological polar surface area (TPSA) is 71.1 Å². The zero-order valence-corrected chi connectivity index (χ0v) is 12.5. The van der Waals surface area contributed by atoms with Gasteiger partial charge in [0.05, 0.1) is 13.2 Å². The first kappa shape index (κ1) is 14.9. The van der Waals surface area contributed by atoms with Crippen LogP contribution in [0.1, 0.15) is 25.0 Å². The maximum atomic E-state index is 8.72. The molecule has 1 aromatic carbocycles. The molecule has 20 heavy (non-hydrogen) atoms. The molecule has 0 fully saturated rings. The fourth-order valence-corrected chi connectivity index (χ4v) is 2.61. The van der Waals surface area contributed by atoms with Crippen molar-refractivity contribution in [2.75, 3.05) is 13.2 Å². The van der Waals surface area contributed by atoms with E-state index in [0.29, 0.717) is 19.7 Å². The van der Waals surface area contributed by atoms with Gasteiger partial charge in [-0.15, -0.1) is 0 Å². The van der Waals surface area contributed by atoms with Gasteiger partial charge in [-0.25, -0.2) is 0 Å². The van der Waals surface area contributed by atoms with Crippen LogP contribution in [0.5, 0.6) is 5.75 Å². The van der Waals surface area contributed by atoms with E-state index < -0.39 is 0 Å². The van der Waals surface area contributed by atoms with Crippen LogP contribution in [0.25, 0.3) is 0 Å². The summed E-state index contributed by atoms with van der Waals surface area (Å²) in [4.78, 5) is 2.10. The average molecular weight is 298 g/mol. The summed E-state index contributed by atoms with van der Waals surface area (Å²) in [6.45, 7) is 5.88. The molecule has 2 rings (SSSR count). The lowest BCUT2D eigenvalue weighted by Gasteiger charge is -2.26. The van der Waals surface area contributed by atoms with Crippen LogP contribution in [0.4, 0.5) is 0 Å². The van der Waals surface area contributed by atoms with E-state index in [0.717, 1.165) is 28.3 Å². The quantitative estimate of drug-likeness (QED) is 0.378. The Morgan fingerprint density at radius 1 is 1.55 bits per heavy atom.